The molecule has 8 nitrogen and oxygen atoms in total. The molecule has 2 aliphatic heterocycles. The normalized spacial score (nSPS) is 18.9. The molecule has 3 heterocycles. The van der Waals surface area contributed by atoms with E-state index >= 15 is 0 Å². The fourth-order valence-electron chi connectivity index (χ4n) is 4.23. The Hall–Kier alpha value is -2.56. The van der Waals surface area contributed by atoms with Crippen LogP contribution < -0.4 is 9.47 Å². The van der Waals surface area contributed by atoms with Gasteiger partial charge < -0.3 is 14.0 Å². The summed E-state index contributed by atoms with van der Waals surface area (Å²) in [5, 5.41) is 9.64. The van der Waals surface area contributed by atoms with Gasteiger partial charge >= 0.3 is 0 Å². The first-order valence-electron chi connectivity index (χ1n) is 11.0. The Morgan fingerprint density at radius 2 is 1.85 bits per heavy atom. The molecule has 0 bridgehead atoms. The minimum absolute atomic E-state index is 0.00527. The summed E-state index contributed by atoms with van der Waals surface area (Å²) in [6.07, 6.45) is 1.65. The summed E-state index contributed by atoms with van der Waals surface area (Å²) in [5.41, 5.74) is 1.22. The molecule has 1 atom stereocenters. The van der Waals surface area contributed by atoms with Crippen molar-refractivity contribution in [3.63, 3.8) is 0 Å². The minimum Gasteiger partial charge on any atom is -0.486 e. The molecule has 3 aromatic rings. The molecule has 1 aromatic heterocycles. The van der Waals surface area contributed by atoms with Crippen LogP contribution in [0.2, 0.25) is 0 Å². The lowest BCUT2D eigenvalue weighted by Crippen LogP contribution is -2.39. The topological polar surface area (TPSA) is 86.6 Å². The molecule has 1 saturated heterocycles. The average molecular weight is 487 g/mol. The molecule has 2 aromatic carbocycles. The molecule has 2 aliphatic rings. The summed E-state index contributed by atoms with van der Waals surface area (Å²) in [4.78, 5) is 0.226. The first-order valence-corrected chi connectivity index (χ1v) is 13.4. The van der Waals surface area contributed by atoms with Crippen LogP contribution in [0.5, 0.6) is 11.5 Å². The van der Waals surface area contributed by atoms with Crippen LogP contribution in [-0.4, -0.2) is 53.8 Å². The molecule has 0 N–H and O–H groups in total. The number of ether oxygens (including phenoxy) is 2. The van der Waals surface area contributed by atoms with Gasteiger partial charge in [-0.2, -0.15) is 4.31 Å². The Morgan fingerprint density at radius 1 is 1.06 bits per heavy atom. The molecule has 33 heavy (non-hydrogen) atoms. The van der Waals surface area contributed by atoms with Gasteiger partial charge in [0, 0.05) is 37.9 Å². The van der Waals surface area contributed by atoms with Gasteiger partial charge in [-0.15, -0.1) is 10.2 Å². The van der Waals surface area contributed by atoms with E-state index in [0.29, 0.717) is 37.8 Å². The summed E-state index contributed by atoms with van der Waals surface area (Å²) in [5.74, 6) is 2.69. The van der Waals surface area contributed by atoms with Gasteiger partial charge in [0.25, 0.3) is 0 Å². The van der Waals surface area contributed by atoms with Crippen LogP contribution >= 0.6 is 11.8 Å². The largest absolute Gasteiger partial charge is 0.486 e. The molecule has 0 unspecified atom stereocenters. The average Bonchev–Trinajstić information content (AvgIpc) is 3.23. The van der Waals surface area contributed by atoms with Gasteiger partial charge in [0.05, 0.1) is 4.90 Å². The molecule has 5 rings (SSSR count). The van der Waals surface area contributed by atoms with E-state index in [-0.39, 0.29) is 10.8 Å². The summed E-state index contributed by atoms with van der Waals surface area (Å²) in [7, 11) is -1.70. The zero-order chi connectivity index (χ0) is 22.8. The molecular formula is C23H26N4O4S2. The van der Waals surface area contributed by atoms with Crippen LogP contribution in [0.1, 0.15) is 30.1 Å². The highest BCUT2D eigenvalue weighted by molar-refractivity contribution is 7.98. The molecule has 1 fully saturated rings. The molecule has 0 radical (unpaired) electrons. The molecule has 0 aliphatic carbocycles. The molecule has 174 valence electrons. The predicted octanol–water partition coefficient (Wildman–Crippen LogP) is 3.45. The van der Waals surface area contributed by atoms with Crippen LogP contribution in [0.3, 0.4) is 0 Å². The number of sulfonamides is 1. The van der Waals surface area contributed by atoms with Crippen LogP contribution in [0, 0.1) is 0 Å². The number of benzene rings is 2. The van der Waals surface area contributed by atoms with E-state index < -0.39 is 10.0 Å². The predicted molar refractivity (Wildman–Crippen MR) is 125 cm³/mol. The van der Waals surface area contributed by atoms with Gasteiger partial charge in [-0.1, -0.05) is 42.1 Å². The number of rotatable bonds is 6. The maximum Gasteiger partial charge on any atom is 0.243 e. The van der Waals surface area contributed by atoms with Crippen molar-refractivity contribution in [2.45, 2.75) is 34.6 Å². The Balaban J connectivity index is 1.31. The number of hydrogen-bond donors (Lipinski definition) is 0. The monoisotopic (exact) mass is 486 g/mol. The second-order valence-electron chi connectivity index (χ2n) is 8.18. The Morgan fingerprint density at radius 3 is 2.67 bits per heavy atom. The van der Waals surface area contributed by atoms with Gasteiger partial charge in [-0.05, 0) is 30.5 Å². The number of fused-ring (bicyclic) bond motifs is 1. The number of hydrogen-bond acceptors (Lipinski definition) is 7. The van der Waals surface area contributed by atoms with Gasteiger partial charge in [0.1, 0.15) is 19.0 Å². The quantitative estimate of drug-likeness (QED) is 0.493. The van der Waals surface area contributed by atoms with Crippen LogP contribution in [0.15, 0.2) is 58.6 Å². The number of piperidine rings is 1. The van der Waals surface area contributed by atoms with E-state index in [1.807, 2.05) is 29.8 Å². The summed E-state index contributed by atoms with van der Waals surface area (Å²) >= 11 is 1.63. The van der Waals surface area contributed by atoms with Gasteiger partial charge in [0.15, 0.2) is 16.7 Å². The Labute approximate surface area is 198 Å². The van der Waals surface area contributed by atoms with E-state index in [4.69, 9.17) is 9.47 Å². The molecule has 10 heteroatoms. The Kier molecular flexibility index (Phi) is 6.31. The highest BCUT2D eigenvalue weighted by atomic mass is 32.2. The SMILES string of the molecule is Cn1c(SCc2ccccc2)nnc1[C@@H]1CCCN(S(=O)(=O)c2ccc3c(c2)OCCO3)C1. The molecular weight excluding hydrogens is 460 g/mol. The summed E-state index contributed by atoms with van der Waals surface area (Å²) in [6, 6.07) is 15.1. The van der Waals surface area contributed by atoms with Gasteiger partial charge in [0.2, 0.25) is 10.0 Å². The van der Waals surface area contributed by atoms with Crippen LogP contribution in [-0.2, 0) is 22.8 Å². The summed E-state index contributed by atoms with van der Waals surface area (Å²) < 4.78 is 41.4. The highest BCUT2D eigenvalue weighted by Gasteiger charge is 2.34. The fraction of sp³-hybridized carbons (Fsp3) is 0.391. The lowest BCUT2D eigenvalue weighted by Gasteiger charge is -2.31. The minimum atomic E-state index is -3.65. The van der Waals surface area contributed by atoms with Crippen molar-refractivity contribution in [3.8, 4) is 11.5 Å². The van der Waals surface area contributed by atoms with E-state index in [1.54, 1.807) is 34.3 Å². The van der Waals surface area contributed by atoms with E-state index in [2.05, 4.69) is 22.3 Å². The number of thioether (sulfide) groups is 1. The smallest absolute Gasteiger partial charge is 0.243 e. The fourth-order valence-corrected chi connectivity index (χ4v) is 6.65. The van der Waals surface area contributed by atoms with Gasteiger partial charge in [-0.3, -0.25) is 0 Å². The standard InChI is InChI=1S/C23H26N4O4S2/c1-26-22(24-25-23(26)32-16-17-6-3-2-4-7-17)18-8-5-11-27(15-18)33(28,29)19-9-10-20-21(14-19)31-13-12-30-20/h2-4,6-7,9-10,14,18H,5,8,11-13,15-16H2,1H3/t18-/m1/s1. The van der Waals surface area contributed by atoms with Gasteiger partial charge in [-0.25, -0.2) is 8.42 Å². The van der Waals surface area contributed by atoms with Crippen molar-refractivity contribution < 1.29 is 17.9 Å². The second kappa shape index (κ2) is 9.36. The van der Waals surface area contributed by atoms with Crippen molar-refractivity contribution in [2.75, 3.05) is 26.3 Å². The zero-order valence-electron chi connectivity index (χ0n) is 18.4. The molecule has 0 saturated carbocycles. The maximum absolute atomic E-state index is 13.4. The van der Waals surface area contributed by atoms with Crippen molar-refractivity contribution in [1.82, 2.24) is 19.1 Å². The van der Waals surface area contributed by atoms with Crippen molar-refractivity contribution >= 4 is 21.8 Å². The number of nitrogens with zero attached hydrogens (tertiary/aromatic N) is 4. The van der Waals surface area contributed by atoms with Crippen LogP contribution in [0.25, 0.3) is 0 Å². The van der Waals surface area contributed by atoms with Crippen molar-refractivity contribution in [3.05, 3.63) is 59.9 Å². The third kappa shape index (κ3) is 4.60. The van der Waals surface area contributed by atoms with E-state index in [9.17, 15) is 8.42 Å². The highest BCUT2D eigenvalue weighted by Crippen LogP contribution is 2.35. The van der Waals surface area contributed by atoms with E-state index in [0.717, 1.165) is 29.6 Å². The first-order chi connectivity index (χ1) is 16.0. The van der Waals surface area contributed by atoms with E-state index in [1.165, 1.54) is 5.56 Å². The Bertz CT molecular complexity index is 1230. The zero-order valence-corrected chi connectivity index (χ0v) is 20.0. The summed E-state index contributed by atoms with van der Waals surface area (Å²) in [6.45, 7) is 1.75. The lowest BCUT2D eigenvalue weighted by molar-refractivity contribution is 0.171. The molecule has 0 amide bonds. The lowest BCUT2D eigenvalue weighted by atomic mass is 9.99. The van der Waals surface area contributed by atoms with Crippen molar-refractivity contribution in [1.29, 1.82) is 0 Å². The second-order valence-corrected chi connectivity index (χ2v) is 11.1. The third-order valence-electron chi connectivity index (χ3n) is 5.98. The molecule has 0 spiro atoms. The van der Waals surface area contributed by atoms with Crippen LogP contribution in [0.4, 0.5) is 0 Å². The van der Waals surface area contributed by atoms with Crippen molar-refractivity contribution in [2.24, 2.45) is 7.05 Å². The first kappa shape index (κ1) is 22.2. The maximum atomic E-state index is 13.4. The number of aromatic nitrogens is 3. The third-order valence-corrected chi connectivity index (χ3v) is 8.93.